The lowest BCUT2D eigenvalue weighted by Gasteiger charge is -2.19. The minimum Gasteiger partial charge on any atom is -0.270 e. The Bertz CT molecular complexity index is 703. The molecular weight excluding hydrogens is 298 g/mol. The van der Waals surface area contributed by atoms with Crippen LogP contribution in [0.1, 0.15) is 0 Å². The van der Waals surface area contributed by atoms with Gasteiger partial charge in [0, 0.05) is 12.4 Å². The van der Waals surface area contributed by atoms with Crippen molar-refractivity contribution in [1.29, 1.82) is 0 Å². The lowest BCUT2D eigenvalue weighted by atomic mass is 10.6. The number of nitrogens with zero attached hydrogens (tertiary/aromatic N) is 3. The average molecular weight is 313 g/mol. The molecule has 0 fully saturated rings. The van der Waals surface area contributed by atoms with Crippen LogP contribution in [0.2, 0.25) is 0 Å². The van der Waals surface area contributed by atoms with Crippen molar-refractivity contribution in [3.63, 3.8) is 0 Å². The molecule has 5 heteroatoms. The molecule has 2 aromatic rings. The fourth-order valence-corrected chi connectivity index (χ4v) is 5.78. The van der Waals surface area contributed by atoms with Crippen molar-refractivity contribution in [3.8, 4) is 5.95 Å². The van der Waals surface area contributed by atoms with E-state index in [0.717, 1.165) is 5.95 Å². The molecule has 106 valence electrons. The molecule has 0 saturated carbocycles. The molecule has 2 aliphatic rings. The van der Waals surface area contributed by atoms with Crippen molar-refractivity contribution in [1.82, 2.24) is 14.5 Å². The Morgan fingerprint density at radius 2 is 1.19 bits per heavy atom. The van der Waals surface area contributed by atoms with Crippen LogP contribution in [-0.2, 0) is 0 Å². The number of allylic oxidation sites excluding steroid dienone is 4. The van der Waals surface area contributed by atoms with Crippen LogP contribution in [0.3, 0.4) is 0 Å². The van der Waals surface area contributed by atoms with Crippen molar-refractivity contribution in [3.05, 3.63) is 76.5 Å². The van der Waals surface area contributed by atoms with Crippen LogP contribution in [0.15, 0.2) is 86.6 Å². The third-order valence-corrected chi connectivity index (χ3v) is 7.06. The second-order valence-corrected chi connectivity index (χ2v) is 8.35. The van der Waals surface area contributed by atoms with E-state index in [9.17, 15) is 0 Å². The molecule has 4 rings (SSSR count). The van der Waals surface area contributed by atoms with E-state index in [1.54, 1.807) is 12.4 Å². The summed E-state index contributed by atoms with van der Waals surface area (Å²) in [7, 11) is -0.788. The van der Waals surface area contributed by atoms with Gasteiger partial charge in [-0.25, -0.2) is 9.97 Å². The highest BCUT2D eigenvalue weighted by Gasteiger charge is 2.18. The van der Waals surface area contributed by atoms with E-state index >= 15 is 0 Å². The van der Waals surface area contributed by atoms with E-state index in [-0.39, 0.29) is 0 Å². The van der Waals surface area contributed by atoms with Gasteiger partial charge < -0.3 is 0 Å². The molecule has 0 unspecified atom stereocenters. The molecule has 0 saturated heterocycles. The fourth-order valence-electron chi connectivity index (χ4n) is 2.40. The van der Waals surface area contributed by atoms with Gasteiger partial charge in [0.15, 0.2) is 0 Å². The van der Waals surface area contributed by atoms with Crippen LogP contribution in [0.25, 0.3) is 5.95 Å². The van der Waals surface area contributed by atoms with Gasteiger partial charge in [0.1, 0.15) is 0 Å². The van der Waals surface area contributed by atoms with Gasteiger partial charge >= 0.3 is 0 Å². The number of aromatic nitrogens is 3. The van der Waals surface area contributed by atoms with E-state index in [2.05, 4.69) is 72.6 Å². The van der Waals surface area contributed by atoms with E-state index in [1.165, 1.54) is 10.1 Å². The molecule has 0 aliphatic carbocycles. The van der Waals surface area contributed by atoms with Gasteiger partial charge in [0.05, 0.1) is 10.1 Å². The predicted molar refractivity (Wildman–Crippen MR) is 92.4 cm³/mol. The molecule has 3 nitrogen and oxygen atoms in total. The van der Waals surface area contributed by atoms with Gasteiger partial charge in [-0.15, -0.1) is 0 Å². The van der Waals surface area contributed by atoms with E-state index < -0.39 is 21.8 Å². The minimum atomic E-state index is -0.394. The van der Waals surface area contributed by atoms with E-state index in [0.29, 0.717) is 0 Å². The summed E-state index contributed by atoms with van der Waals surface area (Å²) in [6.45, 7) is 0. The van der Waals surface area contributed by atoms with Crippen LogP contribution in [0.5, 0.6) is 0 Å². The Morgan fingerprint density at radius 1 is 0.714 bits per heavy atom. The highest BCUT2D eigenvalue weighted by Crippen LogP contribution is 2.49. The minimum absolute atomic E-state index is 0.394. The van der Waals surface area contributed by atoms with Crippen LogP contribution >= 0.6 is 21.8 Å². The number of hydrogen-bond donors (Lipinski definition) is 2. The average Bonchev–Trinajstić information content (AvgIpc) is 3.27. The van der Waals surface area contributed by atoms with Crippen molar-refractivity contribution in [2.45, 2.75) is 10.1 Å². The van der Waals surface area contributed by atoms with Crippen LogP contribution in [-0.4, -0.2) is 14.5 Å². The number of rotatable bonds is 3. The quantitative estimate of drug-likeness (QED) is 0.837. The molecule has 21 heavy (non-hydrogen) atoms. The highest BCUT2D eigenvalue weighted by molar-refractivity contribution is 8.23. The molecule has 0 N–H and O–H groups in total. The maximum absolute atomic E-state index is 4.46. The summed E-state index contributed by atoms with van der Waals surface area (Å²) in [6.07, 6.45) is 12.1. The predicted octanol–water partition coefficient (Wildman–Crippen LogP) is 4.07. The van der Waals surface area contributed by atoms with Crippen LogP contribution in [0.4, 0.5) is 0 Å². The smallest absolute Gasteiger partial charge is 0.235 e. The standard InChI is InChI=1S/C16H15N3S2/c1-2-11-20(10-1)14-6-7-15(21-12-3-4-13-21)19(14)16-17-8-5-9-18-16/h1-13,20-21H. The Kier molecular flexibility index (Phi) is 3.29. The Morgan fingerprint density at radius 3 is 1.67 bits per heavy atom. The second kappa shape index (κ2) is 5.42. The summed E-state index contributed by atoms with van der Waals surface area (Å²) in [5.41, 5.74) is 0. The lowest BCUT2D eigenvalue weighted by Crippen LogP contribution is -2.04. The largest absolute Gasteiger partial charge is 0.270 e. The zero-order valence-electron chi connectivity index (χ0n) is 11.2. The first-order valence-electron chi connectivity index (χ1n) is 6.69. The van der Waals surface area contributed by atoms with Crippen molar-refractivity contribution < 1.29 is 0 Å². The van der Waals surface area contributed by atoms with Gasteiger partial charge in [0.2, 0.25) is 5.95 Å². The first kappa shape index (κ1) is 12.7. The molecular formula is C16H15N3S2. The molecule has 0 spiro atoms. The summed E-state index contributed by atoms with van der Waals surface area (Å²) >= 11 is 0. The molecule has 0 bridgehead atoms. The lowest BCUT2D eigenvalue weighted by molar-refractivity contribution is 0.793. The van der Waals surface area contributed by atoms with E-state index in [4.69, 9.17) is 0 Å². The van der Waals surface area contributed by atoms with E-state index in [1.807, 2.05) is 6.07 Å². The Balaban J connectivity index is 1.88. The fraction of sp³-hybridized carbons (Fsp3) is 0. The molecule has 0 radical (unpaired) electrons. The summed E-state index contributed by atoms with van der Waals surface area (Å²) in [6, 6.07) is 6.30. The maximum atomic E-state index is 4.46. The van der Waals surface area contributed by atoms with Crippen LogP contribution in [0, 0.1) is 0 Å². The number of thiol groups is 2. The second-order valence-electron chi connectivity index (χ2n) is 4.61. The Labute approximate surface area is 129 Å². The number of hydrogen-bond acceptors (Lipinski definition) is 2. The van der Waals surface area contributed by atoms with Gasteiger partial charge in [0.25, 0.3) is 0 Å². The maximum Gasteiger partial charge on any atom is 0.235 e. The molecule has 2 aromatic heterocycles. The van der Waals surface area contributed by atoms with Gasteiger partial charge in [-0.1, -0.05) is 24.3 Å². The Hall–Kier alpha value is -1.98. The summed E-state index contributed by atoms with van der Waals surface area (Å²) in [5.74, 6) is 0.764. The first-order valence-corrected chi connectivity index (χ1v) is 9.65. The molecule has 2 aliphatic heterocycles. The van der Waals surface area contributed by atoms with Crippen LogP contribution < -0.4 is 0 Å². The third-order valence-electron chi connectivity index (χ3n) is 3.33. The van der Waals surface area contributed by atoms with Gasteiger partial charge in [-0.3, -0.25) is 4.57 Å². The normalized spacial score (nSPS) is 19.0. The molecule has 0 amide bonds. The zero-order chi connectivity index (χ0) is 14.1. The topological polar surface area (TPSA) is 30.7 Å². The zero-order valence-corrected chi connectivity index (χ0v) is 13.0. The summed E-state index contributed by atoms with van der Waals surface area (Å²) in [4.78, 5) is 8.92. The SMILES string of the molecule is C1=C[SH](c2ccc([SH]3C=CC=C3)n2-c2ncccn2)C=C1. The molecule has 0 aromatic carbocycles. The van der Waals surface area contributed by atoms with Crippen molar-refractivity contribution in [2.24, 2.45) is 0 Å². The summed E-state index contributed by atoms with van der Waals surface area (Å²) < 4.78 is 2.23. The monoisotopic (exact) mass is 313 g/mol. The summed E-state index contributed by atoms with van der Waals surface area (Å²) in [5, 5.41) is 11.6. The highest BCUT2D eigenvalue weighted by atomic mass is 32.2. The van der Waals surface area contributed by atoms with Gasteiger partial charge in [-0.05, 0) is 39.8 Å². The molecule has 4 heterocycles. The van der Waals surface area contributed by atoms with Crippen molar-refractivity contribution >= 4 is 21.8 Å². The van der Waals surface area contributed by atoms with Gasteiger partial charge in [-0.2, -0.15) is 21.8 Å². The molecule has 0 atom stereocenters. The van der Waals surface area contributed by atoms with Crippen molar-refractivity contribution in [2.75, 3.05) is 0 Å². The third kappa shape index (κ3) is 2.28. The first-order chi connectivity index (χ1) is 10.4.